The van der Waals surface area contributed by atoms with E-state index >= 15 is 0 Å². The summed E-state index contributed by atoms with van der Waals surface area (Å²) in [6.07, 6.45) is 0.295. The molecule has 0 saturated heterocycles. The molecule has 2 N–H and O–H groups in total. The first-order valence-corrected chi connectivity index (χ1v) is 6.72. The lowest BCUT2D eigenvalue weighted by Crippen LogP contribution is -2.17. The average Bonchev–Trinajstić information content (AvgIpc) is 2.46. The molecule has 102 valence electrons. The van der Waals surface area contributed by atoms with Crippen LogP contribution in [0.15, 0.2) is 36.4 Å². The zero-order valence-electron chi connectivity index (χ0n) is 11.5. The number of hydrogen-bond acceptors (Lipinski definition) is 3. The molecule has 1 unspecified atom stereocenters. The minimum atomic E-state index is -0.408. The Hall–Kier alpha value is -1.58. The molecule has 0 bridgehead atoms. The zero-order valence-corrected chi connectivity index (χ0v) is 11.5. The van der Waals surface area contributed by atoms with Crippen molar-refractivity contribution >= 4 is 10.8 Å². The van der Waals surface area contributed by atoms with Crippen LogP contribution in [0, 0.1) is 0 Å². The van der Waals surface area contributed by atoms with Crippen LogP contribution in [0.2, 0.25) is 0 Å². The summed E-state index contributed by atoms with van der Waals surface area (Å²) in [4.78, 5) is 0. The maximum Gasteiger partial charge on any atom is 0.124 e. The van der Waals surface area contributed by atoms with E-state index in [0.29, 0.717) is 13.0 Å². The van der Waals surface area contributed by atoms with Gasteiger partial charge in [-0.25, -0.2) is 0 Å². The van der Waals surface area contributed by atoms with Gasteiger partial charge in [-0.05, 0) is 30.3 Å². The van der Waals surface area contributed by atoms with Crippen molar-refractivity contribution in [2.45, 2.75) is 26.0 Å². The van der Waals surface area contributed by atoms with E-state index in [1.807, 2.05) is 32.2 Å². The SMILES string of the molecule is CCC(O)COc1ccc2ccccc2c1CNC. The Morgan fingerprint density at radius 3 is 2.74 bits per heavy atom. The molecule has 0 amide bonds. The van der Waals surface area contributed by atoms with Crippen molar-refractivity contribution in [2.24, 2.45) is 0 Å². The van der Waals surface area contributed by atoms with Crippen LogP contribution in [0.4, 0.5) is 0 Å². The molecular formula is C16H21NO2. The van der Waals surface area contributed by atoms with Crippen molar-refractivity contribution in [1.82, 2.24) is 5.32 Å². The standard InChI is InChI=1S/C16H21NO2/c1-3-13(18)11-19-16-9-8-12-6-4-5-7-14(12)15(16)10-17-2/h4-9,13,17-18H,3,10-11H2,1-2H3. The fraction of sp³-hybridized carbons (Fsp3) is 0.375. The number of aliphatic hydroxyl groups is 1. The summed E-state index contributed by atoms with van der Waals surface area (Å²) in [6.45, 7) is 3.04. The van der Waals surface area contributed by atoms with Gasteiger partial charge in [0.05, 0.1) is 6.10 Å². The highest BCUT2D eigenvalue weighted by Gasteiger charge is 2.09. The molecule has 0 fully saturated rings. The number of ether oxygens (including phenoxy) is 1. The van der Waals surface area contributed by atoms with E-state index in [-0.39, 0.29) is 0 Å². The van der Waals surface area contributed by atoms with Gasteiger partial charge in [-0.2, -0.15) is 0 Å². The summed E-state index contributed by atoms with van der Waals surface area (Å²) < 4.78 is 5.76. The molecule has 2 aromatic carbocycles. The van der Waals surface area contributed by atoms with Crippen molar-refractivity contribution in [1.29, 1.82) is 0 Å². The molecule has 0 aromatic heterocycles. The van der Waals surface area contributed by atoms with Crippen LogP contribution in [-0.4, -0.2) is 24.9 Å². The molecule has 0 aliphatic rings. The fourth-order valence-corrected chi connectivity index (χ4v) is 2.11. The smallest absolute Gasteiger partial charge is 0.124 e. The highest BCUT2D eigenvalue weighted by Crippen LogP contribution is 2.28. The monoisotopic (exact) mass is 259 g/mol. The normalized spacial score (nSPS) is 12.6. The topological polar surface area (TPSA) is 41.5 Å². The lowest BCUT2D eigenvalue weighted by atomic mass is 10.0. The lowest BCUT2D eigenvalue weighted by molar-refractivity contribution is 0.104. The first-order chi connectivity index (χ1) is 9.26. The molecule has 2 rings (SSSR count). The molecule has 3 nitrogen and oxygen atoms in total. The molecule has 0 spiro atoms. The number of fused-ring (bicyclic) bond motifs is 1. The third kappa shape index (κ3) is 3.25. The van der Waals surface area contributed by atoms with Crippen LogP contribution in [0.5, 0.6) is 5.75 Å². The molecule has 0 saturated carbocycles. The molecule has 0 aliphatic heterocycles. The molecule has 0 radical (unpaired) electrons. The van der Waals surface area contributed by atoms with E-state index in [2.05, 4.69) is 23.5 Å². The third-order valence-corrected chi connectivity index (χ3v) is 3.25. The Morgan fingerprint density at radius 2 is 2.00 bits per heavy atom. The maximum absolute atomic E-state index is 9.61. The second kappa shape index (κ2) is 6.55. The summed E-state index contributed by atoms with van der Waals surface area (Å²) in [5.74, 6) is 0.848. The average molecular weight is 259 g/mol. The van der Waals surface area contributed by atoms with Gasteiger partial charge in [-0.3, -0.25) is 0 Å². The van der Waals surface area contributed by atoms with E-state index in [1.54, 1.807) is 0 Å². The highest BCUT2D eigenvalue weighted by atomic mass is 16.5. The Kier molecular flexibility index (Phi) is 4.77. The molecule has 0 heterocycles. The van der Waals surface area contributed by atoms with Gasteiger partial charge in [0.2, 0.25) is 0 Å². The molecular weight excluding hydrogens is 238 g/mol. The van der Waals surface area contributed by atoms with Gasteiger partial charge < -0.3 is 15.2 Å². The van der Waals surface area contributed by atoms with Gasteiger partial charge in [0.15, 0.2) is 0 Å². The number of aliphatic hydroxyl groups excluding tert-OH is 1. The Labute approximate surface area is 114 Å². The van der Waals surface area contributed by atoms with E-state index in [4.69, 9.17) is 4.74 Å². The Bertz CT molecular complexity index is 539. The van der Waals surface area contributed by atoms with E-state index in [9.17, 15) is 5.11 Å². The fourth-order valence-electron chi connectivity index (χ4n) is 2.11. The van der Waals surface area contributed by atoms with Crippen LogP contribution < -0.4 is 10.1 Å². The zero-order chi connectivity index (χ0) is 13.7. The molecule has 19 heavy (non-hydrogen) atoms. The summed E-state index contributed by atoms with van der Waals surface area (Å²) in [5, 5.41) is 15.2. The van der Waals surface area contributed by atoms with Gasteiger partial charge in [0, 0.05) is 12.1 Å². The predicted octanol–water partition coefficient (Wildman–Crippen LogP) is 2.71. The van der Waals surface area contributed by atoms with E-state index < -0.39 is 6.10 Å². The van der Waals surface area contributed by atoms with Crippen LogP contribution in [0.25, 0.3) is 10.8 Å². The molecule has 3 heteroatoms. The minimum absolute atomic E-state index is 0.339. The minimum Gasteiger partial charge on any atom is -0.491 e. The summed E-state index contributed by atoms with van der Waals surface area (Å²) in [5.41, 5.74) is 1.14. The number of hydrogen-bond donors (Lipinski definition) is 2. The van der Waals surface area contributed by atoms with E-state index in [1.165, 1.54) is 10.8 Å². The summed E-state index contributed by atoms with van der Waals surface area (Å²) >= 11 is 0. The van der Waals surface area contributed by atoms with Gasteiger partial charge in [-0.1, -0.05) is 37.3 Å². The highest BCUT2D eigenvalue weighted by molar-refractivity contribution is 5.87. The van der Waals surface area contributed by atoms with Crippen LogP contribution in [0.1, 0.15) is 18.9 Å². The lowest BCUT2D eigenvalue weighted by Gasteiger charge is -2.16. The van der Waals surface area contributed by atoms with Gasteiger partial charge >= 0.3 is 0 Å². The quantitative estimate of drug-likeness (QED) is 0.838. The molecule has 2 aromatic rings. The largest absolute Gasteiger partial charge is 0.491 e. The van der Waals surface area contributed by atoms with Crippen LogP contribution >= 0.6 is 0 Å². The number of benzene rings is 2. The first-order valence-electron chi connectivity index (χ1n) is 6.72. The first kappa shape index (κ1) is 13.8. The van der Waals surface area contributed by atoms with Crippen LogP contribution in [0.3, 0.4) is 0 Å². The van der Waals surface area contributed by atoms with Gasteiger partial charge in [0.25, 0.3) is 0 Å². The van der Waals surface area contributed by atoms with Gasteiger partial charge in [0.1, 0.15) is 12.4 Å². The maximum atomic E-state index is 9.61. The summed E-state index contributed by atoms with van der Waals surface area (Å²) in [6, 6.07) is 12.3. The van der Waals surface area contributed by atoms with Crippen molar-refractivity contribution < 1.29 is 9.84 Å². The number of rotatable bonds is 6. The number of nitrogens with one attached hydrogen (secondary N) is 1. The Balaban J connectivity index is 2.34. The summed E-state index contributed by atoms with van der Waals surface area (Å²) in [7, 11) is 1.92. The van der Waals surface area contributed by atoms with Crippen molar-refractivity contribution in [2.75, 3.05) is 13.7 Å². The molecule has 0 aliphatic carbocycles. The molecule has 1 atom stereocenters. The van der Waals surface area contributed by atoms with Crippen molar-refractivity contribution in [3.8, 4) is 5.75 Å². The van der Waals surface area contributed by atoms with E-state index in [0.717, 1.165) is 17.9 Å². The van der Waals surface area contributed by atoms with Crippen LogP contribution in [-0.2, 0) is 6.54 Å². The van der Waals surface area contributed by atoms with Crippen molar-refractivity contribution in [3.05, 3.63) is 42.0 Å². The predicted molar refractivity (Wildman–Crippen MR) is 78.5 cm³/mol. The van der Waals surface area contributed by atoms with Crippen molar-refractivity contribution in [3.63, 3.8) is 0 Å². The Morgan fingerprint density at radius 1 is 1.21 bits per heavy atom. The third-order valence-electron chi connectivity index (χ3n) is 3.25. The van der Waals surface area contributed by atoms with Gasteiger partial charge in [-0.15, -0.1) is 0 Å². The second-order valence-electron chi connectivity index (χ2n) is 4.67. The second-order valence-corrected chi connectivity index (χ2v) is 4.67.